The summed E-state index contributed by atoms with van der Waals surface area (Å²) in [4.78, 5) is 1.37. The number of halogens is 1. The Bertz CT molecular complexity index is 774. The van der Waals surface area contributed by atoms with Gasteiger partial charge in [0.05, 0.1) is 13.2 Å². The van der Waals surface area contributed by atoms with Gasteiger partial charge >= 0.3 is 0 Å². The van der Waals surface area contributed by atoms with Crippen LogP contribution >= 0.6 is 11.6 Å². The topological polar surface area (TPSA) is 75.9 Å². The first-order valence-corrected chi connectivity index (χ1v) is 7.15. The molecule has 1 aromatic heterocycles. The van der Waals surface area contributed by atoms with Gasteiger partial charge in [0.1, 0.15) is 0 Å². The van der Waals surface area contributed by atoms with E-state index in [2.05, 4.69) is 20.7 Å². The van der Waals surface area contributed by atoms with Crippen LogP contribution in [-0.2, 0) is 6.54 Å². The van der Waals surface area contributed by atoms with Crippen LogP contribution in [-0.4, -0.2) is 31.9 Å². The lowest BCUT2D eigenvalue weighted by Gasteiger charge is -2.10. The quantitative estimate of drug-likeness (QED) is 0.757. The summed E-state index contributed by atoms with van der Waals surface area (Å²) in [5.41, 5.74) is 2.56. The molecule has 22 heavy (non-hydrogen) atoms. The highest BCUT2D eigenvalue weighted by Gasteiger charge is 2.10. The normalized spacial score (nSPS) is 10.6. The summed E-state index contributed by atoms with van der Waals surface area (Å²) in [5.74, 6) is 0.499. The Balaban J connectivity index is 1.92. The molecule has 0 aliphatic heterocycles. The summed E-state index contributed by atoms with van der Waals surface area (Å²) in [5, 5.41) is 25.1. The molecule has 3 rings (SSSR count). The molecular weight excluding hydrogens is 302 g/mol. The monoisotopic (exact) mass is 315 g/mol. The van der Waals surface area contributed by atoms with E-state index in [1.165, 1.54) is 4.80 Å². The van der Waals surface area contributed by atoms with E-state index in [4.69, 9.17) is 16.7 Å². The molecule has 0 aliphatic carbocycles. The molecule has 0 unspecified atom stereocenters. The molecule has 0 fully saturated rings. The number of hydrogen-bond donors (Lipinski definition) is 2. The lowest BCUT2D eigenvalue weighted by molar-refractivity contribution is 0.259. The third-order valence-corrected chi connectivity index (χ3v) is 3.26. The van der Waals surface area contributed by atoms with Crippen LogP contribution in [0.15, 0.2) is 48.5 Å². The van der Waals surface area contributed by atoms with Gasteiger partial charge in [-0.2, -0.15) is 4.80 Å². The van der Waals surface area contributed by atoms with Crippen molar-refractivity contribution >= 4 is 23.0 Å². The zero-order chi connectivity index (χ0) is 15.4. The van der Waals surface area contributed by atoms with Crippen LogP contribution in [0.4, 0.5) is 11.4 Å². The molecule has 2 N–H and O–H groups in total. The fraction of sp³-hybridized carbons (Fsp3) is 0.133. The fourth-order valence-corrected chi connectivity index (χ4v) is 2.23. The predicted molar refractivity (Wildman–Crippen MR) is 85.1 cm³/mol. The van der Waals surface area contributed by atoms with Crippen molar-refractivity contribution in [2.75, 3.05) is 11.9 Å². The maximum Gasteiger partial charge on any atom is 0.207 e. The Hall–Kier alpha value is -2.44. The highest BCUT2D eigenvalue weighted by Crippen LogP contribution is 2.28. The second-order valence-electron chi connectivity index (χ2n) is 4.61. The zero-order valence-corrected chi connectivity index (χ0v) is 12.4. The van der Waals surface area contributed by atoms with E-state index in [0.29, 0.717) is 17.4 Å². The number of tetrazole rings is 1. The average molecular weight is 316 g/mol. The van der Waals surface area contributed by atoms with Gasteiger partial charge in [0.25, 0.3) is 0 Å². The lowest BCUT2D eigenvalue weighted by Crippen LogP contribution is -2.05. The molecular formula is C15H14ClN5O. The van der Waals surface area contributed by atoms with Crippen LogP contribution in [0.2, 0.25) is 5.02 Å². The van der Waals surface area contributed by atoms with Crippen molar-refractivity contribution in [3.05, 3.63) is 53.6 Å². The molecule has 7 heteroatoms. The van der Waals surface area contributed by atoms with E-state index in [0.717, 1.165) is 16.9 Å². The first-order chi connectivity index (χ1) is 10.8. The molecule has 0 saturated heterocycles. The molecule has 3 aromatic rings. The second-order valence-corrected chi connectivity index (χ2v) is 5.05. The smallest absolute Gasteiger partial charge is 0.207 e. The SMILES string of the molecule is OCCn1nnc(-c2ccccc2Nc2cccc(Cl)c2)n1. The number of benzene rings is 2. The Morgan fingerprint density at radius 2 is 2.00 bits per heavy atom. The molecule has 0 atom stereocenters. The highest BCUT2D eigenvalue weighted by molar-refractivity contribution is 6.30. The van der Waals surface area contributed by atoms with Gasteiger partial charge in [0.2, 0.25) is 5.82 Å². The minimum Gasteiger partial charge on any atom is -0.394 e. The van der Waals surface area contributed by atoms with Gasteiger partial charge in [-0.05, 0) is 35.5 Å². The third-order valence-electron chi connectivity index (χ3n) is 3.02. The number of aromatic nitrogens is 4. The van der Waals surface area contributed by atoms with E-state index in [9.17, 15) is 0 Å². The summed E-state index contributed by atoms with van der Waals surface area (Å²) < 4.78 is 0. The molecule has 0 spiro atoms. The van der Waals surface area contributed by atoms with Crippen LogP contribution in [0.1, 0.15) is 0 Å². The first kappa shape index (κ1) is 14.5. The van der Waals surface area contributed by atoms with Gasteiger partial charge < -0.3 is 10.4 Å². The summed E-state index contributed by atoms with van der Waals surface area (Å²) in [6.07, 6.45) is 0. The van der Waals surface area contributed by atoms with Crippen LogP contribution in [0, 0.1) is 0 Å². The minimum absolute atomic E-state index is 0.0296. The number of para-hydroxylation sites is 1. The number of nitrogens with one attached hydrogen (secondary N) is 1. The van der Waals surface area contributed by atoms with Crippen molar-refractivity contribution in [1.29, 1.82) is 0 Å². The van der Waals surface area contributed by atoms with Gasteiger partial charge in [0.15, 0.2) is 0 Å². The number of anilines is 2. The molecule has 0 saturated carbocycles. The lowest BCUT2D eigenvalue weighted by atomic mass is 10.1. The molecule has 1 heterocycles. The Morgan fingerprint density at radius 3 is 2.82 bits per heavy atom. The standard InChI is InChI=1S/C15H14ClN5O/c16-11-4-3-5-12(10-11)17-14-7-2-1-6-13(14)15-18-20-21(19-15)8-9-22/h1-7,10,17,22H,8-9H2. The van der Waals surface area contributed by atoms with Gasteiger partial charge in [-0.1, -0.05) is 29.8 Å². The molecule has 0 bridgehead atoms. The van der Waals surface area contributed by atoms with Crippen LogP contribution in [0.5, 0.6) is 0 Å². The minimum atomic E-state index is -0.0296. The Kier molecular flexibility index (Phi) is 4.32. The van der Waals surface area contributed by atoms with Crippen molar-refractivity contribution in [3.8, 4) is 11.4 Å². The van der Waals surface area contributed by atoms with E-state index < -0.39 is 0 Å². The highest BCUT2D eigenvalue weighted by atomic mass is 35.5. The van der Waals surface area contributed by atoms with E-state index in [1.54, 1.807) is 0 Å². The van der Waals surface area contributed by atoms with E-state index in [-0.39, 0.29) is 6.61 Å². The molecule has 0 amide bonds. The molecule has 2 aromatic carbocycles. The van der Waals surface area contributed by atoms with Crippen LogP contribution < -0.4 is 5.32 Å². The van der Waals surface area contributed by atoms with Gasteiger partial charge in [-0.15, -0.1) is 10.2 Å². The largest absolute Gasteiger partial charge is 0.394 e. The first-order valence-electron chi connectivity index (χ1n) is 6.77. The number of rotatable bonds is 5. The summed E-state index contributed by atoms with van der Waals surface area (Å²) in [6, 6.07) is 15.1. The van der Waals surface area contributed by atoms with Gasteiger partial charge in [-0.3, -0.25) is 0 Å². The van der Waals surface area contributed by atoms with Crippen molar-refractivity contribution in [1.82, 2.24) is 20.2 Å². The van der Waals surface area contributed by atoms with Crippen LogP contribution in [0.25, 0.3) is 11.4 Å². The van der Waals surface area contributed by atoms with Crippen molar-refractivity contribution in [3.63, 3.8) is 0 Å². The van der Waals surface area contributed by atoms with Crippen molar-refractivity contribution in [2.45, 2.75) is 6.54 Å². The van der Waals surface area contributed by atoms with E-state index >= 15 is 0 Å². The number of aliphatic hydroxyl groups excluding tert-OH is 1. The fourth-order valence-electron chi connectivity index (χ4n) is 2.04. The van der Waals surface area contributed by atoms with Gasteiger partial charge in [-0.25, -0.2) is 0 Å². The number of nitrogens with zero attached hydrogens (tertiary/aromatic N) is 4. The van der Waals surface area contributed by atoms with E-state index in [1.807, 2.05) is 48.5 Å². The molecule has 6 nitrogen and oxygen atoms in total. The van der Waals surface area contributed by atoms with Crippen molar-refractivity contribution in [2.24, 2.45) is 0 Å². The summed E-state index contributed by atoms with van der Waals surface area (Å²) in [6.45, 7) is 0.287. The molecule has 0 aliphatic rings. The Labute approximate surface area is 132 Å². The van der Waals surface area contributed by atoms with Crippen LogP contribution in [0.3, 0.4) is 0 Å². The zero-order valence-electron chi connectivity index (χ0n) is 11.6. The molecule has 112 valence electrons. The van der Waals surface area contributed by atoms with Gasteiger partial charge in [0, 0.05) is 22.0 Å². The number of aliphatic hydroxyl groups is 1. The molecule has 0 radical (unpaired) electrons. The Morgan fingerprint density at radius 1 is 1.14 bits per heavy atom. The number of hydrogen-bond acceptors (Lipinski definition) is 5. The second kappa shape index (κ2) is 6.55. The maximum absolute atomic E-state index is 8.92. The summed E-state index contributed by atoms with van der Waals surface area (Å²) in [7, 11) is 0. The average Bonchev–Trinajstić information content (AvgIpc) is 2.97. The maximum atomic E-state index is 8.92. The third kappa shape index (κ3) is 3.24. The van der Waals surface area contributed by atoms with Crippen molar-refractivity contribution < 1.29 is 5.11 Å². The predicted octanol–water partition coefficient (Wildman–Crippen LogP) is 2.73. The summed E-state index contributed by atoms with van der Waals surface area (Å²) >= 11 is 6.00.